The van der Waals surface area contributed by atoms with Gasteiger partial charge < -0.3 is 15.2 Å². The quantitative estimate of drug-likeness (QED) is 0.702. The predicted octanol–water partition coefficient (Wildman–Crippen LogP) is 0.329. The molecular formula is C12H25NO4S. The normalized spacial score (nSPS) is 27.1. The fourth-order valence-electron chi connectivity index (χ4n) is 2.45. The second-order valence-corrected chi connectivity index (χ2v) is 7.49. The first kappa shape index (κ1) is 15.9. The summed E-state index contributed by atoms with van der Waals surface area (Å²) in [5.74, 6) is 0. The molecule has 1 aliphatic rings. The molecule has 108 valence electrons. The molecule has 1 saturated carbocycles. The maximum Gasteiger partial charge on any atom is 0.150 e. The van der Waals surface area contributed by atoms with Crippen LogP contribution < -0.4 is 5.32 Å². The maximum atomic E-state index is 11.5. The average molecular weight is 279 g/mol. The van der Waals surface area contributed by atoms with E-state index in [1.165, 1.54) is 6.26 Å². The number of sulfone groups is 1. The summed E-state index contributed by atoms with van der Waals surface area (Å²) in [6, 6.07) is 0.258. The number of aliphatic hydroxyl groups is 1. The molecule has 3 unspecified atom stereocenters. The Labute approximate surface area is 110 Å². The highest BCUT2D eigenvalue weighted by atomic mass is 32.2. The van der Waals surface area contributed by atoms with Crippen LogP contribution in [0.3, 0.4) is 0 Å². The minimum absolute atomic E-state index is 0.201. The highest BCUT2D eigenvalue weighted by Gasteiger charge is 2.28. The van der Waals surface area contributed by atoms with Crippen molar-refractivity contribution in [2.24, 2.45) is 0 Å². The average Bonchev–Trinajstić information content (AvgIpc) is 2.29. The smallest absolute Gasteiger partial charge is 0.150 e. The van der Waals surface area contributed by atoms with Crippen molar-refractivity contribution in [2.45, 2.75) is 49.5 Å². The van der Waals surface area contributed by atoms with Crippen LogP contribution in [-0.4, -0.2) is 57.4 Å². The Morgan fingerprint density at radius 2 is 2.17 bits per heavy atom. The molecule has 0 aliphatic heterocycles. The molecule has 0 amide bonds. The summed E-state index contributed by atoms with van der Waals surface area (Å²) in [5.41, 5.74) is 0. The molecule has 1 aliphatic carbocycles. The van der Waals surface area contributed by atoms with E-state index in [0.29, 0.717) is 26.0 Å². The summed E-state index contributed by atoms with van der Waals surface area (Å²) < 4.78 is 27.9. The highest BCUT2D eigenvalue weighted by molar-refractivity contribution is 7.91. The van der Waals surface area contributed by atoms with Gasteiger partial charge in [0.15, 0.2) is 0 Å². The molecule has 0 spiro atoms. The van der Waals surface area contributed by atoms with Crippen molar-refractivity contribution in [3.8, 4) is 0 Å². The molecule has 0 saturated heterocycles. The van der Waals surface area contributed by atoms with E-state index in [-0.39, 0.29) is 11.3 Å². The van der Waals surface area contributed by atoms with E-state index in [4.69, 9.17) is 4.74 Å². The Hall–Kier alpha value is -0.170. The largest absolute Gasteiger partial charge is 0.391 e. The van der Waals surface area contributed by atoms with Crippen LogP contribution in [0, 0.1) is 0 Å². The van der Waals surface area contributed by atoms with Crippen molar-refractivity contribution in [2.75, 3.05) is 26.5 Å². The van der Waals surface area contributed by atoms with Gasteiger partial charge in [-0.3, -0.25) is 0 Å². The molecule has 0 aromatic rings. The summed E-state index contributed by atoms with van der Waals surface area (Å²) >= 11 is 0. The SMILES string of the molecule is COCC(O)CCNC1CCCC(S(C)(=O)=O)C1. The van der Waals surface area contributed by atoms with Crippen LogP contribution in [0.15, 0.2) is 0 Å². The zero-order valence-corrected chi connectivity index (χ0v) is 12.1. The summed E-state index contributed by atoms with van der Waals surface area (Å²) in [6.07, 6.45) is 4.96. The molecule has 0 aromatic heterocycles. The third-order valence-corrected chi connectivity index (χ3v) is 5.14. The molecule has 0 heterocycles. The van der Waals surface area contributed by atoms with Crippen LogP contribution in [0.25, 0.3) is 0 Å². The van der Waals surface area contributed by atoms with Gasteiger partial charge in [0, 0.05) is 19.4 Å². The van der Waals surface area contributed by atoms with Gasteiger partial charge in [-0.15, -0.1) is 0 Å². The van der Waals surface area contributed by atoms with Crippen molar-refractivity contribution >= 4 is 9.84 Å². The van der Waals surface area contributed by atoms with Crippen LogP contribution in [-0.2, 0) is 14.6 Å². The second kappa shape index (κ2) is 7.43. The van der Waals surface area contributed by atoms with Crippen molar-refractivity contribution in [3.63, 3.8) is 0 Å². The lowest BCUT2D eigenvalue weighted by Gasteiger charge is -2.29. The number of hydrogen-bond acceptors (Lipinski definition) is 5. The summed E-state index contributed by atoms with van der Waals surface area (Å²) in [4.78, 5) is 0. The molecule has 1 rings (SSSR count). The van der Waals surface area contributed by atoms with E-state index in [1.54, 1.807) is 7.11 Å². The molecular weight excluding hydrogens is 254 g/mol. The number of rotatable bonds is 7. The number of methoxy groups -OCH3 is 1. The summed E-state index contributed by atoms with van der Waals surface area (Å²) in [7, 11) is -1.35. The van der Waals surface area contributed by atoms with Crippen LogP contribution >= 0.6 is 0 Å². The third kappa shape index (κ3) is 5.65. The van der Waals surface area contributed by atoms with E-state index in [1.807, 2.05) is 0 Å². The van der Waals surface area contributed by atoms with Gasteiger partial charge in [-0.25, -0.2) is 8.42 Å². The molecule has 18 heavy (non-hydrogen) atoms. The minimum atomic E-state index is -2.92. The zero-order valence-electron chi connectivity index (χ0n) is 11.3. The minimum Gasteiger partial charge on any atom is -0.391 e. The van der Waals surface area contributed by atoms with E-state index in [9.17, 15) is 13.5 Å². The molecule has 1 fully saturated rings. The van der Waals surface area contributed by atoms with Crippen molar-refractivity contribution in [3.05, 3.63) is 0 Å². The van der Waals surface area contributed by atoms with Gasteiger partial charge in [0.2, 0.25) is 0 Å². The van der Waals surface area contributed by atoms with Gasteiger partial charge >= 0.3 is 0 Å². The zero-order chi connectivity index (χ0) is 13.6. The Balaban J connectivity index is 2.26. The van der Waals surface area contributed by atoms with Crippen LogP contribution in [0.5, 0.6) is 0 Å². The monoisotopic (exact) mass is 279 g/mol. The third-order valence-electron chi connectivity index (χ3n) is 3.50. The van der Waals surface area contributed by atoms with Gasteiger partial charge in [-0.2, -0.15) is 0 Å². The predicted molar refractivity (Wildman–Crippen MR) is 71.4 cm³/mol. The van der Waals surface area contributed by atoms with E-state index in [0.717, 1.165) is 19.3 Å². The fraction of sp³-hybridized carbons (Fsp3) is 1.00. The first-order chi connectivity index (χ1) is 8.43. The Morgan fingerprint density at radius 1 is 1.44 bits per heavy atom. The molecule has 0 aromatic carbocycles. The summed E-state index contributed by atoms with van der Waals surface area (Å²) in [6.45, 7) is 1.05. The standard InChI is InChI=1S/C12H25NO4S/c1-17-9-11(14)6-7-13-10-4-3-5-12(8-10)18(2,15)16/h10-14H,3-9H2,1-2H3. The number of nitrogens with one attached hydrogen (secondary N) is 1. The molecule has 6 heteroatoms. The molecule has 2 N–H and O–H groups in total. The maximum absolute atomic E-state index is 11.5. The lowest BCUT2D eigenvalue weighted by Crippen LogP contribution is -2.40. The molecule has 0 radical (unpaired) electrons. The first-order valence-electron chi connectivity index (χ1n) is 6.52. The first-order valence-corrected chi connectivity index (χ1v) is 8.48. The lowest BCUT2D eigenvalue weighted by molar-refractivity contribution is 0.0587. The number of ether oxygens (including phenoxy) is 1. The Kier molecular flexibility index (Phi) is 6.55. The van der Waals surface area contributed by atoms with E-state index >= 15 is 0 Å². The molecule has 3 atom stereocenters. The number of hydrogen-bond donors (Lipinski definition) is 2. The van der Waals surface area contributed by atoms with E-state index < -0.39 is 15.9 Å². The van der Waals surface area contributed by atoms with Gasteiger partial charge in [0.05, 0.1) is 18.0 Å². The lowest BCUT2D eigenvalue weighted by atomic mass is 9.95. The van der Waals surface area contributed by atoms with Crippen molar-refractivity contribution in [1.29, 1.82) is 0 Å². The van der Waals surface area contributed by atoms with Crippen LogP contribution in [0.4, 0.5) is 0 Å². The van der Waals surface area contributed by atoms with Crippen LogP contribution in [0.2, 0.25) is 0 Å². The van der Waals surface area contributed by atoms with Gasteiger partial charge in [-0.05, 0) is 32.2 Å². The molecule has 5 nitrogen and oxygen atoms in total. The van der Waals surface area contributed by atoms with Gasteiger partial charge in [0.25, 0.3) is 0 Å². The van der Waals surface area contributed by atoms with Crippen molar-refractivity contribution in [1.82, 2.24) is 5.32 Å². The van der Waals surface area contributed by atoms with Gasteiger partial charge in [0.1, 0.15) is 9.84 Å². The Bertz CT molecular complexity index is 331. The highest BCUT2D eigenvalue weighted by Crippen LogP contribution is 2.23. The van der Waals surface area contributed by atoms with Crippen molar-refractivity contribution < 1.29 is 18.3 Å². The topological polar surface area (TPSA) is 75.6 Å². The number of aliphatic hydroxyl groups excluding tert-OH is 1. The van der Waals surface area contributed by atoms with Crippen LogP contribution in [0.1, 0.15) is 32.1 Å². The fourth-order valence-corrected chi connectivity index (χ4v) is 3.63. The Morgan fingerprint density at radius 3 is 2.78 bits per heavy atom. The second-order valence-electron chi connectivity index (χ2n) is 5.17. The van der Waals surface area contributed by atoms with E-state index in [2.05, 4.69) is 5.32 Å². The molecule has 0 bridgehead atoms. The van der Waals surface area contributed by atoms with Gasteiger partial charge in [-0.1, -0.05) is 6.42 Å². The summed E-state index contributed by atoms with van der Waals surface area (Å²) in [5, 5.41) is 12.6.